The first-order valence-electron chi connectivity index (χ1n) is 9.38. The van der Waals surface area contributed by atoms with Gasteiger partial charge >= 0.3 is 0 Å². The van der Waals surface area contributed by atoms with Crippen LogP contribution in [0.25, 0.3) is 32.7 Å². The normalized spacial score (nSPS) is 11.1. The zero-order valence-electron chi connectivity index (χ0n) is 16.0. The van der Waals surface area contributed by atoms with E-state index in [1.54, 1.807) is 30.3 Å². The van der Waals surface area contributed by atoms with E-state index in [1.165, 1.54) is 29.7 Å². The Kier molecular flexibility index (Phi) is 4.52. The second-order valence-electron chi connectivity index (χ2n) is 6.95. The second kappa shape index (κ2) is 7.37. The number of ketones is 1. The molecule has 0 aliphatic heterocycles. The highest BCUT2D eigenvalue weighted by Gasteiger charge is 2.23. The molecule has 5 aromatic rings. The van der Waals surface area contributed by atoms with Crippen molar-refractivity contribution in [2.45, 2.75) is 0 Å². The number of anilines is 1. The second-order valence-corrected chi connectivity index (χ2v) is 8.00. The molecule has 7 heteroatoms. The van der Waals surface area contributed by atoms with Crippen molar-refractivity contribution >= 4 is 33.0 Å². The van der Waals surface area contributed by atoms with Crippen molar-refractivity contribution in [3.63, 3.8) is 0 Å². The SMILES string of the molecule is Nc1coc(-c2ccc(-c3c(C(=O)c4ccccc4F)sc4cc(O)ccc34)cc2)n1. The quantitative estimate of drug-likeness (QED) is 0.348. The number of aromatic hydroxyl groups is 1. The lowest BCUT2D eigenvalue weighted by Gasteiger charge is -2.07. The van der Waals surface area contributed by atoms with Gasteiger partial charge in [-0.05, 0) is 48.0 Å². The summed E-state index contributed by atoms with van der Waals surface area (Å²) in [5, 5.41) is 10.7. The number of rotatable bonds is 4. The molecule has 0 saturated carbocycles. The summed E-state index contributed by atoms with van der Waals surface area (Å²) in [6.45, 7) is 0. The molecule has 0 unspecified atom stereocenters. The van der Waals surface area contributed by atoms with Gasteiger partial charge in [-0.2, -0.15) is 4.98 Å². The molecule has 152 valence electrons. The third-order valence-electron chi connectivity index (χ3n) is 4.94. The van der Waals surface area contributed by atoms with Crippen LogP contribution in [0.5, 0.6) is 5.75 Å². The minimum atomic E-state index is -0.574. The number of phenolic OH excluding ortho intramolecular Hbond substituents is 1. The van der Waals surface area contributed by atoms with E-state index in [0.29, 0.717) is 22.1 Å². The van der Waals surface area contributed by atoms with E-state index in [9.17, 15) is 14.3 Å². The number of carbonyl (C=O) groups excluding carboxylic acids is 1. The molecule has 0 aliphatic rings. The van der Waals surface area contributed by atoms with Crippen molar-refractivity contribution in [1.82, 2.24) is 4.98 Å². The molecule has 0 aliphatic carbocycles. The van der Waals surface area contributed by atoms with Crippen LogP contribution in [0.2, 0.25) is 0 Å². The van der Waals surface area contributed by atoms with E-state index in [2.05, 4.69) is 4.98 Å². The van der Waals surface area contributed by atoms with Gasteiger partial charge in [0.1, 0.15) is 17.8 Å². The molecule has 0 amide bonds. The van der Waals surface area contributed by atoms with Crippen LogP contribution in [0.4, 0.5) is 10.2 Å². The Hall–Kier alpha value is -3.97. The number of fused-ring (bicyclic) bond motifs is 1. The number of hydrogen-bond acceptors (Lipinski definition) is 6. The summed E-state index contributed by atoms with van der Waals surface area (Å²) < 4.78 is 20.4. The molecule has 31 heavy (non-hydrogen) atoms. The van der Waals surface area contributed by atoms with Crippen LogP contribution in [-0.4, -0.2) is 15.9 Å². The third kappa shape index (κ3) is 3.35. The molecule has 0 atom stereocenters. The van der Waals surface area contributed by atoms with Gasteiger partial charge in [-0.3, -0.25) is 4.79 Å². The Morgan fingerprint density at radius 2 is 1.77 bits per heavy atom. The Balaban J connectivity index is 1.68. The van der Waals surface area contributed by atoms with Crippen LogP contribution in [0, 0.1) is 5.82 Å². The first kappa shape index (κ1) is 19.0. The largest absolute Gasteiger partial charge is 0.508 e. The standard InChI is InChI=1S/C24H15FN2O3S/c25-18-4-2-1-3-16(18)22(29)23-21(17-10-9-15(28)11-19(17)31-23)13-5-7-14(8-6-13)24-27-20(26)12-30-24/h1-12,28H,26H2. The van der Waals surface area contributed by atoms with E-state index < -0.39 is 11.6 Å². The number of hydrogen-bond donors (Lipinski definition) is 2. The summed E-state index contributed by atoms with van der Waals surface area (Å²) in [6.07, 6.45) is 1.37. The number of carbonyl (C=O) groups is 1. The third-order valence-corrected chi connectivity index (χ3v) is 6.09. The summed E-state index contributed by atoms with van der Waals surface area (Å²) >= 11 is 1.22. The number of phenols is 1. The first-order chi connectivity index (χ1) is 15.0. The zero-order chi connectivity index (χ0) is 21.5. The molecular formula is C24H15FN2O3S. The molecule has 5 nitrogen and oxygen atoms in total. The predicted octanol–water partition coefficient (Wildman–Crippen LogP) is 5.88. The van der Waals surface area contributed by atoms with Crippen LogP contribution in [0.3, 0.4) is 0 Å². The summed E-state index contributed by atoms with van der Waals surface area (Å²) in [4.78, 5) is 17.8. The van der Waals surface area contributed by atoms with Gasteiger partial charge in [-0.15, -0.1) is 11.3 Å². The van der Waals surface area contributed by atoms with Gasteiger partial charge in [-0.1, -0.05) is 24.3 Å². The molecule has 5 rings (SSSR count). The molecular weight excluding hydrogens is 415 g/mol. The van der Waals surface area contributed by atoms with Crippen molar-refractivity contribution in [2.24, 2.45) is 0 Å². The van der Waals surface area contributed by atoms with E-state index in [0.717, 1.165) is 21.2 Å². The smallest absolute Gasteiger partial charge is 0.227 e. The van der Waals surface area contributed by atoms with Crippen molar-refractivity contribution in [3.8, 4) is 28.3 Å². The fourth-order valence-electron chi connectivity index (χ4n) is 3.50. The van der Waals surface area contributed by atoms with Crippen LogP contribution >= 0.6 is 11.3 Å². The molecule has 2 aromatic heterocycles. The average molecular weight is 430 g/mol. The summed E-state index contributed by atoms with van der Waals surface area (Å²) in [5.41, 5.74) is 7.83. The summed E-state index contributed by atoms with van der Waals surface area (Å²) in [6, 6.07) is 18.2. The maximum Gasteiger partial charge on any atom is 0.227 e. The molecule has 0 spiro atoms. The number of nitrogen functional groups attached to an aromatic ring is 1. The lowest BCUT2D eigenvalue weighted by atomic mass is 9.97. The minimum absolute atomic E-state index is 0.00593. The van der Waals surface area contributed by atoms with Gasteiger partial charge in [0.05, 0.1) is 10.4 Å². The number of benzene rings is 3. The highest BCUT2D eigenvalue weighted by atomic mass is 32.1. The Morgan fingerprint density at radius 3 is 2.48 bits per heavy atom. The fraction of sp³-hybridized carbons (Fsp3) is 0. The van der Waals surface area contributed by atoms with Crippen LogP contribution in [-0.2, 0) is 0 Å². The molecule has 0 fully saturated rings. The van der Waals surface area contributed by atoms with Gasteiger partial charge in [-0.25, -0.2) is 4.39 Å². The first-order valence-corrected chi connectivity index (χ1v) is 10.2. The maximum atomic E-state index is 14.3. The predicted molar refractivity (Wildman–Crippen MR) is 119 cm³/mol. The molecule has 3 N–H and O–H groups in total. The Morgan fingerprint density at radius 1 is 1.03 bits per heavy atom. The molecule has 0 saturated heterocycles. The van der Waals surface area contributed by atoms with E-state index in [-0.39, 0.29) is 11.3 Å². The Bertz CT molecular complexity index is 1440. The highest BCUT2D eigenvalue weighted by Crippen LogP contribution is 2.41. The number of nitrogens with two attached hydrogens (primary N) is 1. The van der Waals surface area contributed by atoms with Gasteiger partial charge in [0, 0.05) is 21.2 Å². The lowest BCUT2D eigenvalue weighted by Crippen LogP contribution is -2.03. The van der Waals surface area contributed by atoms with E-state index in [1.807, 2.05) is 24.3 Å². The topological polar surface area (TPSA) is 89.3 Å². The molecule has 0 radical (unpaired) electrons. The summed E-state index contributed by atoms with van der Waals surface area (Å²) in [7, 11) is 0. The van der Waals surface area contributed by atoms with Gasteiger partial charge in [0.25, 0.3) is 0 Å². The van der Waals surface area contributed by atoms with Crippen LogP contribution in [0.1, 0.15) is 15.2 Å². The molecule has 3 aromatic carbocycles. The van der Waals surface area contributed by atoms with Gasteiger partial charge in [0.15, 0.2) is 5.82 Å². The summed E-state index contributed by atoms with van der Waals surface area (Å²) in [5.74, 6) is -0.191. The van der Waals surface area contributed by atoms with Crippen LogP contribution in [0.15, 0.2) is 77.4 Å². The Labute approximate surface area is 180 Å². The number of oxazole rings is 1. The zero-order valence-corrected chi connectivity index (χ0v) is 16.8. The van der Waals surface area contributed by atoms with Crippen molar-refractivity contribution in [3.05, 3.63) is 89.3 Å². The number of nitrogens with zero attached hydrogens (tertiary/aromatic N) is 1. The van der Waals surface area contributed by atoms with Crippen molar-refractivity contribution < 1.29 is 18.7 Å². The number of aromatic nitrogens is 1. The van der Waals surface area contributed by atoms with E-state index >= 15 is 0 Å². The number of halogens is 1. The average Bonchev–Trinajstić information content (AvgIpc) is 3.37. The molecule has 2 heterocycles. The van der Waals surface area contributed by atoms with Crippen LogP contribution < -0.4 is 5.73 Å². The molecule has 0 bridgehead atoms. The highest BCUT2D eigenvalue weighted by molar-refractivity contribution is 7.21. The van der Waals surface area contributed by atoms with Crippen molar-refractivity contribution in [1.29, 1.82) is 0 Å². The lowest BCUT2D eigenvalue weighted by molar-refractivity contribution is 0.103. The maximum absolute atomic E-state index is 14.3. The van der Waals surface area contributed by atoms with E-state index in [4.69, 9.17) is 10.2 Å². The van der Waals surface area contributed by atoms with Crippen molar-refractivity contribution in [2.75, 3.05) is 5.73 Å². The van der Waals surface area contributed by atoms with Gasteiger partial charge < -0.3 is 15.3 Å². The monoisotopic (exact) mass is 430 g/mol. The minimum Gasteiger partial charge on any atom is -0.508 e. The fourth-order valence-corrected chi connectivity index (χ4v) is 4.71. The van der Waals surface area contributed by atoms with Gasteiger partial charge in [0.2, 0.25) is 11.7 Å². The number of thiophene rings is 1.